The Hall–Kier alpha value is -0.970. The average molecular weight is 203 g/mol. The summed E-state index contributed by atoms with van der Waals surface area (Å²) in [6, 6.07) is 0. The van der Waals surface area contributed by atoms with Crippen molar-refractivity contribution < 1.29 is 14.9 Å². The molecule has 0 aliphatic heterocycles. The van der Waals surface area contributed by atoms with E-state index < -0.39 is 0 Å². The van der Waals surface area contributed by atoms with Crippen LogP contribution < -0.4 is 11.1 Å². The lowest BCUT2D eigenvalue weighted by molar-refractivity contribution is -0.134. The number of carbonyl (C=O) groups is 1. The molecular formula is C8H15N2O2S+. The van der Waals surface area contributed by atoms with Gasteiger partial charge in [0.15, 0.2) is 0 Å². The van der Waals surface area contributed by atoms with Crippen LogP contribution in [0.1, 0.15) is 13.3 Å². The molecule has 0 saturated carbocycles. The van der Waals surface area contributed by atoms with Crippen LogP contribution in [0.5, 0.6) is 0 Å². The zero-order chi connectivity index (χ0) is 10.3. The molecule has 0 heterocycles. The maximum Gasteiger partial charge on any atom is 0.330 e. The Morgan fingerprint density at radius 2 is 2.38 bits per heavy atom. The van der Waals surface area contributed by atoms with Crippen LogP contribution in [-0.4, -0.2) is 23.5 Å². The molecule has 0 spiro atoms. The molecule has 0 rings (SSSR count). The molecule has 0 radical (unpaired) electrons. The summed E-state index contributed by atoms with van der Waals surface area (Å²) in [5.41, 5.74) is 5.32. The number of amidine groups is 1. The molecule has 5 heteroatoms. The molecule has 0 aromatic carbocycles. The molecule has 0 aromatic rings. The summed E-state index contributed by atoms with van der Waals surface area (Å²) in [5.74, 6) is -0.366. The van der Waals surface area contributed by atoms with Crippen molar-refractivity contribution in [2.75, 3.05) is 7.11 Å². The smallest absolute Gasteiger partial charge is 0.330 e. The van der Waals surface area contributed by atoms with Gasteiger partial charge in [-0.15, -0.1) is 0 Å². The number of thioether (sulfide) groups is 1. The third-order valence-corrected chi connectivity index (χ3v) is 2.40. The third-order valence-electron chi connectivity index (χ3n) is 1.34. The fraction of sp³-hybridized carbons (Fsp3) is 0.500. The molecule has 4 nitrogen and oxygen atoms in total. The van der Waals surface area contributed by atoms with Gasteiger partial charge in [0.1, 0.15) is 0 Å². The first-order valence-corrected chi connectivity index (χ1v) is 4.78. The minimum Gasteiger partial charge on any atom is -0.466 e. The number of nitrogens with two attached hydrogens (primary N) is 2. The van der Waals surface area contributed by atoms with Crippen molar-refractivity contribution in [1.82, 2.24) is 0 Å². The van der Waals surface area contributed by atoms with Gasteiger partial charge in [0.05, 0.1) is 7.11 Å². The largest absolute Gasteiger partial charge is 0.466 e. The van der Waals surface area contributed by atoms with E-state index in [0.29, 0.717) is 5.17 Å². The van der Waals surface area contributed by atoms with Gasteiger partial charge in [-0.1, -0.05) is 13.0 Å². The Balaban J connectivity index is 4.03. The van der Waals surface area contributed by atoms with Crippen molar-refractivity contribution in [1.29, 1.82) is 0 Å². The van der Waals surface area contributed by atoms with Crippen molar-refractivity contribution >= 4 is 22.9 Å². The zero-order valence-corrected chi connectivity index (χ0v) is 8.64. The molecule has 0 fully saturated rings. The molecule has 1 unspecified atom stereocenters. The summed E-state index contributed by atoms with van der Waals surface area (Å²) < 4.78 is 4.45. The first-order valence-electron chi connectivity index (χ1n) is 3.90. The fourth-order valence-electron chi connectivity index (χ4n) is 0.687. The van der Waals surface area contributed by atoms with Crippen molar-refractivity contribution in [3.05, 3.63) is 12.2 Å². The number of hydrogen-bond acceptors (Lipinski definition) is 3. The second-order valence-electron chi connectivity index (χ2n) is 2.35. The second-order valence-corrected chi connectivity index (χ2v) is 3.66. The van der Waals surface area contributed by atoms with Crippen molar-refractivity contribution in [3.63, 3.8) is 0 Å². The van der Waals surface area contributed by atoms with Gasteiger partial charge in [-0.05, 0) is 18.2 Å². The molecular weight excluding hydrogens is 188 g/mol. The number of hydrogen-bond donors (Lipinski definition) is 2. The van der Waals surface area contributed by atoms with E-state index in [1.807, 2.05) is 6.92 Å². The van der Waals surface area contributed by atoms with E-state index in [9.17, 15) is 4.79 Å². The van der Waals surface area contributed by atoms with E-state index in [-0.39, 0.29) is 11.2 Å². The summed E-state index contributed by atoms with van der Waals surface area (Å²) >= 11 is 1.33. The Morgan fingerprint density at radius 1 is 1.77 bits per heavy atom. The van der Waals surface area contributed by atoms with Crippen LogP contribution in [0.15, 0.2) is 12.2 Å². The number of rotatable bonds is 4. The van der Waals surface area contributed by atoms with Crippen molar-refractivity contribution in [2.24, 2.45) is 5.73 Å². The molecule has 0 bridgehead atoms. The molecule has 4 N–H and O–H groups in total. The van der Waals surface area contributed by atoms with E-state index >= 15 is 0 Å². The highest BCUT2D eigenvalue weighted by molar-refractivity contribution is 8.14. The fourth-order valence-corrected chi connectivity index (χ4v) is 1.36. The van der Waals surface area contributed by atoms with Crippen LogP contribution in [0.25, 0.3) is 0 Å². The van der Waals surface area contributed by atoms with E-state index in [2.05, 4.69) is 4.74 Å². The van der Waals surface area contributed by atoms with Gasteiger partial charge in [0.2, 0.25) is 0 Å². The first kappa shape index (κ1) is 12.0. The van der Waals surface area contributed by atoms with Crippen LogP contribution in [0.3, 0.4) is 0 Å². The van der Waals surface area contributed by atoms with Gasteiger partial charge >= 0.3 is 5.97 Å². The third kappa shape index (κ3) is 6.21. The summed E-state index contributed by atoms with van der Waals surface area (Å²) in [5, 5.41) is 5.75. The normalized spacial score (nSPS) is 12.8. The van der Waals surface area contributed by atoms with Gasteiger partial charge in [-0.2, -0.15) is 0 Å². The molecule has 0 aromatic heterocycles. The van der Waals surface area contributed by atoms with E-state index in [1.165, 1.54) is 24.9 Å². The highest BCUT2D eigenvalue weighted by Gasteiger charge is 2.07. The van der Waals surface area contributed by atoms with Crippen LogP contribution >= 0.6 is 11.8 Å². The van der Waals surface area contributed by atoms with Crippen LogP contribution in [0, 0.1) is 0 Å². The van der Waals surface area contributed by atoms with Gasteiger partial charge in [-0.3, -0.25) is 11.1 Å². The highest BCUT2D eigenvalue weighted by atomic mass is 32.2. The van der Waals surface area contributed by atoms with E-state index in [1.54, 1.807) is 6.08 Å². The highest BCUT2D eigenvalue weighted by Crippen LogP contribution is 2.13. The SMILES string of the molecule is CCC(/C=C/C(=O)OC)SC(N)=[NH2+]. The van der Waals surface area contributed by atoms with Gasteiger partial charge < -0.3 is 4.74 Å². The topological polar surface area (TPSA) is 77.9 Å². The minimum atomic E-state index is -0.366. The summed E-state index contributed by atoms with van der Waals surface area (Å²) in [6.45, 7) is 1.99. The Bertz CT molecular complexity index is 216. The Labute approximate surface area is 82.0 Å². The number of methoxy groups -OCH3 is 1. The summed E-state index contributed by atoms with van der Waals surface area (Å²) in [4.78, 5) is 10.7. The maximum absolute atomic E-state index is 10.7. The second kappa shape index (κ2) is 6.54. The van der Waals surface area contributed by atoms with Crippen LogP contribution in [0.4, 0.5) is 0 Å². The van der Waals surface area contributed by atoms with E-state index in [0.717, 1.165) is 6.42 Å². The maximum atomic E-state index is 10.7. The summed E-state index contributed by atoms with van der Waals surface area (Å²) in [6.07, 6.45) is 3.97. The van der Waals surface area contributed by atoms with Crippen LogP contribution in [0.2, 0.25) is 0 Å². The van der Waals surface area contributed by atoms with Gasteiger partial charge in [0.25, 0.3) is 5.17 Å². The standard InChI is InChI=1S/C8H14N2O2S/c1-3-6(13-8(9)10)4-5-7(11)12-2/h4-6H,3H2,1-2H3,(H3,9,10)/p+1/b5-4+. The number of ether oxygens (including phenoxy) is 1. The molecule has 1 atom stereocenters. The quantitative estimate of drug-likeness (QED) is 0.274. The molecule has 0 amide bonds. The molecule has 0 saturated heterocycles. The monoisotopic (exact) mass is 203 g/mol. The Morgan fingerprint density at radius 3 is 2.77 bits per heavy atom. The molecule has 13 heavy (non-hydrogen) atoms. The van der Waals surface area contributed by atoms with E-state index in [4.69, 9.17) is 11.1 Å². The van der Waals surface area contributed by atoms with Crippen molar-refractivity contribution in [2.45, 2.75) is 18.6 Å². The lowest BCUT2D eigenvalue weighted by Gasteiger charge is -2.03. The lowest BCUT2D eigenvalue weighted by atomic mass is 10.3. The predicted molar refractivity (Wildman–Crippen MR) is 53.9 cm³/mol. The molecule has 0 aliphatic rings. The number of carbonyl (C=O) groups excluding carboxylic acids is 1. The Kier molecular flexibility index (Phi) is 6.05. The first-order chi connectivity index (χ1) is 6.10. The average Bonchev–Trinajstić information content (AvgIpc) is 2.10. The summed E-state index contributed by atoms with van der Waals surface area (Å²) in [7, 11) is 1.34. The minimum absolute atomic E-state index is 0.129. The van der Waals surface area contributed by atoms with Gasteiger partial charge in [0, 0.05) is 11.3 Å². The van der Waals surface area contributed by atoms with Crippen LogP contribution in [-0.2, 0) is 9.53 Å². The van der Waals surface area contributed by atoms with Crippen molar-refractivity contribution in [3.8, 4) is 0 Å². The van der Waals surface area contributed by atoms with Gasteiger partial charge in [-0.25, -0.2) is 4.79 Å². The molecule has 74 valence electrons. The predicted octanol–water partition coefficient (Wildman–Crippen LogP) is -0.699. The molecule has 0 aliphatic carbocycles. The lowest BCUT2D eigenvalue weighted by Crippen LogP contribution is -2.44. The number of esters is 1. The zero-order valence-electron chi connectivity index (χ0n) is 7.82.